The second kappa shape index (κ2) is 3.57. The molecule has 1 aromatic heterocycles. The van der Waals surface area contributed by atoms with E-state index in [1.54, 1.807) is 0 Å². The van der Waals surface area contributed by atoms with Gasteiger partial charge in [0.2, 0.25) is 0 Å². The number of hydrogen-bond donors (Lipinski definition) is 2. The minimum Gasteiger partial charge on any atom is -0.341 e. The van der Waals surface area contributed by atoms with Gasteiger partial charge >= 0.3 is 0 Å². The molecule has 0 spiro atoms. The summed E-state index contributed by atoms with van der Waals surface area (Å²) in [4.78, 5) is 8.07. The molecule has 1 fully saturated rings. The number of nitrogens with zero attached hydrogens (tertiary/aromatic N) is 1. The highest BCUT2D eigenvalue weighted by Crippen LogP contribution is 2.41. The number of halogens is 1. The Kier molecular flexibility index (Phi) is 2.30. The summed E-state index contributed by atoms with van der Waals surface area (Å²) in [5.74, 6) is 1.06. The van der Waals surface area contributed by atoms with Gasteiger partial charge in [0.1, 0.15) is 5.82 Å². The molecule has 4 heteroatoms. The van der Waals surface area contributed by atoms with E-state index in [0.717, 1.165) is 34.2 Å². The zero-order chi connectivity index (χ0) is 11.2. The predicted molar refractivity (Wildman–Crippen MR) is 68.4 cm³/mol. The highest BCUT2D eigenvalue weighted by atomic mass is 79.9. The van der Waals surface area contributed by atoms with Gasteiger partial charge in [-0.15, -0.1) is 0 Å². The number of H-pyrrole nitrogens is 1. The first-order chi connectivity index (χ1) is 7.73. The van der Waals surface area contributed by atoms with Crippen LogP contribution in [-0.4, -0.2) is 16.5 Å². The van der Waals surface area contributed by atoms with Gasteiger partial charge < -0.3 is 10.7 Å². The fourth-order valence-corrected chi connectivity index (χ4v) is 2.74. The molecule has 0 bridgehead atoms. The van der Waals surface area contributed by atoms with Crippen LogP contribution in [0.2, 0.25) is 0 Å². The third-order valence-corrected chi connectivity index (χ3v) is 4.14. The highest BCUT2D eigenvalue weighted by molar-refractivity contribution is 9.10. The predicted octanol–water partition coefficient (Wildman–Crippen LogP) is 2.71. The number of fused-ring (bicyclic) bond motifs is 1. The first-order valence-corrected chi connectivity index (χ1v) is 6.39. The van der Waals surface area contributed by atoms with Crippen LogP contribution in [0, 0.1) is 0 Å². The van der Waals surface area contributed by atoms with Crippen LogP contribution >= 0.6 is 15.9 Å². The number of nitrogens with one attached hydrogen (secondary N) is 1. The molecule has 1 aromatic carbocycles. The van der Waals surface area contributed by atoms with Crippen LogP contribution in [0.25, 0.3) is 11.0 Å². The molecule has 0 saturated heterocycles. The molecular weight excluding hydrogens is 266 g/mol. The summed E-state index contributed by atoms with van der Waals surface area (Å²) < 4.78 is 1.07. The molecule has 1 aliphatic carbocycles. The molecule has 0 amide bonds. The lowest BCUT2D eigenvalue weighted by Crippen LogP contribution is -2.42. The number of nitrogens with two attached hydrogens (primary N) is 1. The highest BCUT2D eigenvalue weighted by Gasteiger charge is 2.40. The minimum absolute atomic E-state index is 0.117. The van der Waals surface area contributed by atoms with E-state index in [4.69, 9.17) is 5.73 Å². The normalized spacial score (nSPS) is 18.6. The van der Waals surface area contributed by atoms with Crippen molar-refractivity contribution in [3.63, 3.8) is 0 Å². The number of aromatic nitrogens is 2. The van der Waals surface area contributed by atoms with Crippen LogP contribution in [0.15, 0.2) is 22.7 Å². The van der Waals surface area contributed by atoms with E-state index < -0.39 is 0 Å². The summed E-state index contributed by atoms with van der Waals surface area (Å²) in [5.41, 5.74) is 8.11. The summed E-state index contributed by atoms with van der Waals surface area (Å²) >= 11 is 3.47. The van der Waals surface area contributed by atoms with Crippen LogP contribution in [0.4, 0.5) is 0 Å². The van der Waals surface area contributed by atoms with Gasteiger partial charge in [-0.1, -0.05) is 22.4 Å². The van der Waals surface area contributed by atoms with Crippen LogP contribution in [0.1, 0.15) is 25.1 Å². The van der Waals surface area contributed by atoms with E-state index in [2.05, 4.69) is 32.0 Å². The van der Waals surface area contributed by atoms with Crippen molar-refractivity contribution in [2.45, 2.75) is 24.7 Å². The van der Waals surface area contributed by atoms with E-state index >= 15 is 0 Å². The fraction of sp³-hybridized carbons (Fsp3) is 0.417. The molecule has 0 unspecified atom stereocenters. The van der Waals surface area contributed by atoms with Gasteiger partial charge in [0.05, 0.1) is 11.0 Å². The largest absolute Gasteiger partial charge is 0.341 e. The van der Waals surface area contributed by atoms with Gasteiger partial charge in [0, 0.05) is 16.4 Å². The van der Waals surface area contributed by atoms with Crippen molar-refractivity contribution in [1.82, 2.24) is 9.97 Å². The molecular formula is C12H14BrN3. The topological polar surface area (TPSA) is 54.7 Å². The van der Waals surface area contributed by atoms with E-state index in [1.165, 1.54) is 6.42 Å². The summed E-state index contributed by atoms with van der Waals surface area (Å²) in [5, 5.41) is 0. The van der Waals surface area contributed by atoms with Crippen LogP contribution < -0.4 is 5.73 Å². The molecule has 1 heterocycles. The van der Waals surface area contributed by atoms with E-state index in [1.807, 2.05) is 12.1 Å². The van der Waals surface area contributed by atoms with Gasteiger partial charge in [0.25, 0.3) is 0 Å². The third kappa shape index (κ3) is 1.40. The van der Waals surface area contributed by atoms with Gasteiger partial charge in [-0.05, 0) is 31.0 Å². The maximum absolute atomic E-state index is 5.88. The average molecular weight is 280 g/mol. The van der Waals surface area contributed by atoms with Crippen LogP contribution in [-0.2, 0) is 5.41 Å². The minimum atomic E-state index is 0.117. The van der Waals surface area contributed by atoms with Crippen molar-refractivity contribution < 1.29 is 0 Å². The van der Waals surface area contributed by atoms with Crippen molar-refractivity contribution in [3.8, 4) is 0 Å². The maximum Gasteiger partial charge on any atom is 0.114 e. The van der Waals surface area contributed by atoms with Gasteiger partial charge in [-0.25, -0.2) is 4.98 Å². The molecule has 0 aliphatic heterocycles. The molecule has 3 nitrogen and oxygen atoms in total. The zero-order valence-electron chi connectivity index (χ0n) is 8.96. The average Bonchev–Trinajstić information content (AvgIpc) is 2.60. The van der Waals surface area contributed by atoms with Crippen molar-refractivity contribution >= 4 is 27.0 Å². The second-order valence-corrected chi connectivity index (χ2v) is 5.50. The SMILES string of the molecule is NCC1(c2nc3ccc(Br)cc3[nH]2)CCC1. The van der Waals surface area contributed by atoms with E-state index in [0.29, 0.717) is 6.54 Å². The van der Waals surface area contributed by atoms with E-state index in [9.17, 15) is 0 Å². The summed E-state index contributed by atoms with van der Waals surface area (Å²) in [7, 11) is 0. The first kappa shape index (κ1) is 10.3. The van der Waals surface area contributed by atoms with Gasteiger partial charge in [-0.2, -0.15) is 0 Å². The lowest BCUT2D eigenvalue weighted by molar-refractivity contribution is 0.240. The molecule has 16 heavy (non-hydrogen) atoms. The Morgan fingerprint density at radius 2 is 2.25 bits per heavy atom. The van der Waals surface area contributed by atoms with Crippen molar-refractivity contribution in [2.24, 2.45) is 5.73 Å². The molecule has 3 rings (SSSR count). The molecule has 1 aliphatic rings. The van der Waals surface area contributed by atoms with Crippen LogP contribution in [0.3, 0.4) is 0 Å². The Morgan fingerprint density at radius 1 is 1.44 bits per heavy atom. The second-order valence-electron chi connectivity index (χ2n) is 4.58. The smallest absolute Gasteiger partial charge is 0.114 e. The Balaban J connectivity index is 2.11. The molecule has 84 valence electrons. The Labute approximate surface area is 103 Å². The van der Waals surface area contributed by atoms with Crippen LogP contribution in [0.5, 0.6) is 0 Å². The molecule has 0 radical (unpaired) electrons. The number of imidazole rings is 1. The van der Waals surface area contributed by atoms with Crippen molar-refractivity contribution in [1.29, 1.82) is 0 Å². The number of aromatic amines is 1. The number of rotatable bonds is 2. The molecule has 2 aromatic rings. The standard InChI is InChI=1S/C12H14BrN3/c13-8-2-3-9-10(6-8)16-11(15-9)12(7-14)4-1-5-12/h2-3,6H,1,4-5,7,14H2,(H,15,16). The third-order valence-electron chi connectivity index (χ3n) is 3.65. The maximum atomic E-state index is 5.88. The van der Waals surface area contributed by atoms with E-state index in [-0.39, 0.29) is 5.41 Å². The fourth-order valence-electron chi connectivity index (χ4n) is 2.37. The Hall–Kier alpha value is -0.870. The summed E-state index contributed by atoms with van der Waals surface area (Å²) in [6, 6.07) is 6.11. The molecule has 3 N–H and O–H groups in total. The molecule has 1 saturated carbocycles. The summed E-state index contributed by atoms with van der Waals surface area (Å²) in [6.07, 6.45) is 3.58. The summed E-state index contributed by atoms with van der Waals surface area (Å²) in [6.45, 7) is 0.688. The monoisotopic (exact) mass is 279 g/mol. The van der Waals surface area contributed by atoms with Crippen molar-refractivity contribution in [3.05, 3.63) is 28.5 Å². The Bertz CT molecular complexity index is 523. The number of benzene rings is 1. The molecule has 0 atom stereocenters. The zero-order valence-corrected chi connectivity index (χ0v) is 10.5. The quantitative estimate of drug-likeness (QED) is 0.888. The number of hydrogen-bond acceptors (Lipinski definition) is 2. The van der Waals surface area contributed by atoms with Gasteiger partial charge in [0.15, 0.2) is 0 Å². The van der Waals surface area contributed by atoms with Crippen molar-refractivity contribution in [2.75, 3.05) is 6.54 Å². The van der Waals surface area contributed by atoms with Gasteiger partial charge in [-0.3, -0.25) is 0 Å². The lowest BCUT2D eigenvalue weighted by atomic mass is 9.68. The first-order valence-electron chi connectivity index (χ1n) is 5.59. The lowest BCUT2D eigenvalue weighted by Gasteiger charge is -2.38. The Morgan fingerprint density at radius 3 is 2.88 bits per heavy atom.